The molecule has 1 aromatic carbocycles. The van der Waals surface area contributed by atoms with Gasteiger partial charge in [0.05, 0.1) is 20.3 Å². The van der Waals surface area contributed by atoms with E-state index in [1.165, 1.54) is 5.56 Å². The molecule has 2 atom stereocenters. The molecule has 4 heteroatoms. The fourth-order valence-electron chi connectivity index (χ4n) is 3.28. The smallest absolute Gasteiger partial charge is 0.161 e. The summed E-state index contributed by atoms with van der Waals surface area (Å²) >= 11 is 0. The highest BCUT2D eigenvalue weighted by atomic mass is 16.5. The van der Waals surface area contributed by atoms with Crippen molar-refractivity contribution in [1.82, 2.24) is 4.90 Å². The number of hydrogen-bond donors (Lipinski definition) is 1. The highest BCUT2D eigenvalue weighted by Gasteiger charge is 2.35. The van der Waals surface area contributed by atoms with E-state index >= 15 is 0 Å². The lowest BCUT2D eigenvalue weighted by molar-refractivity contribution is 0.0604. The maximum Gasteiger partial charge on any atom is 0.161 e. The van der Waals surface area contributed by atoms with Gasteiger partial charge in [-0.3, -0.25) is 4.90 Å². The van der Waals surface area contributed by atoms with Gasteiger partial charge in [-0.25, -0.2) is 0 Å². The molecule has 1 aliphatic carbocycles. The van der Waals surface area contributed by atoms with E-state index in [9.17, 15) is 5.11 Å². The van der Waals surface area contributed by atoms with E-state index < -0.39 is 6.10 Å². The molecule has 0 saturated heterocycles. The molecule has 0 spiro atoms. The van der Waals surface area contributed by atoms with Gasteiger partial charge in [0.1, 0.15) is 0 Å². The third kappa shape index (κ3) is 3.16. The molecule has 0 aromatic heterocycles. The van der Waals surface area contributed by atoms with E-state index in [1.807, 2.05) is 12.1 Å². The lowest BCUT2D eigenvalue weighted by Crippen LogP contribution is -2.39. The van der Waals surface area contributed by atoms with Gasteiger partial charge in [-0.2, -0.15) is 0 Å². The van der Waals surface area contributed by atoms with Crippen LogP contribution in [0.4, 0.5) is 0 Å². The molecular formula is C17H27NO3. The van der Waals surface area contributed by atoms with Crippen LogP contribution in [0.3, 0.4) is 0 Å². The molecule has 4 nitrogen and oxygen atoms in total. The zero-order chi connectivity index (χ0) is 15.4. The number of fused-ring (bicyclic) bond motifs is 1. The molecule has 1 aromatic rings. The Bertz CT molecular complexity index is 469. The summed E-state index contributed by atoms with van der Waals surface area (Å²) in [5.74, 6) is 1.43. The first-order valence-corrected chi connectivity index (χ1v) is 7.83. The van der Waals surface area contributed by atoms with Crippen molar-refractivity contribution in [3.05, 3.63) is 23.3 Å². The van der Waals surface area contributed by atoms with Crippen LogP contribution in [0.15, 0.2) is 12.1 Å². The minimum absolute atomic E-state index is 0.164. The van der Waals surface area contributed by atoms with Crippen molar-refractivity contribution in [2.45, 2.75) is 45.3 Å². The molecule has 2 rings (SSSR count). The molecule has 0 heterocycles. The summed E-state index contributed by atoms with van der Waals surface area (Å²) in [5.41, 5.74) is 2.15. The van der Waals surface area contributed by atoms with Crippen molar-refractivity contribution in [2.75, 3.05) is 27.3 Å². The third-order valence-electron chi connectivity index (χ3n) is 4.25. The predicted octanol–water partition coefficient (Wildman–Crippen LogP) is 2.78. The first-order valence-electron chi connectivity index (χ1n) is 7.83. The monoisotopic (exact) mass is 293 g/mol. The molecule has 1 aliphatic rings. The van der Waals surface area contributed by atoms with Gasteiger partial charge in [-0.15, -0.1) is 0 Å². The maximum absolute atomic E-state index is 10.7. The fraction of sp³-hybridized carbons (Fsp3) is 0.647. The van der Waals surface area contributed by atoms with Gasteiger partial charge in [0, 0.05) is 6.04 Å². The van der Waals surface area contributed by atoms with Crippen LogP contribution < -0.4 is 9.47 Å². The zero-order valence-corrected chi connectivity index (χ0v) is 13.6. The molecule has 1 N–H and O–H groups in total. The zero-order valence-electron chi connectivity index (χ0n) is 13.6. The lowest BCUT2D eigenvalue weighted by atomic mass is 10.1. The Kier molecular flexibility index (Phi) is 5.48. The van der Waals surface area contributed by atoms with Crippen molar-refractivity contribution in [2.24, 2.45) is 0 Å². The van der Waals surface area contributed by atoms with Crippen molar-refractivity contribution in [3.63, 3.8) is 0 Å². The summed E-state index contributed by atoms with van der Waals surface area (Å²) in [6, 6.07) is 4.10. The van der Waals surface area contributed by atoms with Crippen LogP contribution in [0, 0.1) is 0 Å². The maximum atomic E-state index is 10.7. The van der Waals surface area contributed by atoms with E-state index in [0.717, 1.165) is 43.7 Å². The molecular weight excluding hydrogens is 266 g/mol. The van der Waals surface area contributed by atoms with Crippen LogP contribution in [0.2, 0.25) is 0 Å². The van der Waals surface area contributed by atoms with Crippen LogP contribution in [0.25, 0.3) is 0 Å². The average Bonchev–Trinajstić information content (AvgIpc) is 2.82. The Balaban J connectivity index is 2.28. The molecule has 0 saturated carbocycles. The van der Waals surface area contributed by atoms with Gasteiger partial charge in [0.2, 0.25) is 0 Å². The Hall–Kier alpha value is -1.26. The van der Waals surface area contributed by atoms with Crippen molar-refractivity contribution in [1.29, 1.82) is 0 Å². The average molecular weight is 293 g/mol. The van der Waals surface area contributed by atoms with Gasteiger partial charge in [-0.05, 0) is 55.6 Å². The van der Waals surface area contributed by atoms with Crippen LogP contribution in [-0.2, 0) is 6.42 Å². The van der Waals surface area contributed by atoms with E-state index in [1.54, 1.807) is 14.2 Å². The molecule has 0 amide bonds. The largest absolute Gasteiger partial charge is 0.493 e. The van der Waals surface area contributed by atoms with Crippen molar-refractivity contribution < 1.29 is 14.6 Å². The highest BCUT2D eigenvalue weighted by molar-refractivity contribution is 5.50. The van der Waals surface area contributed by atoms with Crippen molar-refractivity contribution in [3.8, 4) is 11.5 Å². The molecule has 21 heavy (non-hydrogen) atoms. The second kappa shape index (κ2) is 7.14. The normalized spacial score (nSPS) is 20.7. The quantitative estimate of drug-likeness (QED) is 0.839. The van der Waals surface area contributed by atoms with E-state index in [4.69, 9.17) is 9.47 Å². The summed E-state index contributed by atoms with van der Waals surface area (Å²) in [6.45, 7) is 6.42. The second-order valence-electron chi connectivity index (χ2n) is 5.66. The number of ether oxygens (including phenoxy) is 2. The summed E-state index contributed by atoms with van der Waals surface area (Å²) < 4.78 is 10.7. The summed E-state index contributed by atoms with van der Waals surface area (Å²) in [4.78, 5) is 2.41. The van der Waals surface area contributed by atoms with Gasteiger partial charge in [0.25, 0.3) is 0 Å². The first-order chi connectivity index (χ1) is 10.2. The molecule has 0 aliphatic heterocycles. The lowest BCUT2D eigenvalue weighted by Gasteiger charge is -2.30. The minimum atomic E-state index is -0.446. The number of rotatable bonds is 7. The van der Waals surface area contributed by atoms with Gasteiger partial charge in [0.15, 0.2) is 11.5 Å². The molecule has 0 fully saturated rings. The standard InChI is InChI=1S/C17H27NO3/c1-5-7-18(8-6-2)14-9-12-10-15(20-3)16(21-4)11-13(12)17(14)19/h10-11,14,17,19H,5-9H2,1-4H3/t14-,17+/m0/s1. The third-order valence-corrected chi connectivity index (χ3v) is 4.25. The summed E-state index contributed by atoms with van der Waals surface area (Å²) in [6.07, 6.45) is 2.63. The van der Waals surface area contributed by atoms with Crippen molar-refractivity contribution >= 4 is 0 Å². The molecule has 0 unspecified atom stereocenters. The predicted molar refractivity (Wildman–Crippen MR) is 84.2 cm³/mol. The van der Waals surface area contributed by atoms with E-state index in [-0.39, 0.29) is 6.04 Å². The van der Waals surface area contributed by atoms with E-state index in [0.29, 0.717) is 5.75 Å². The van der Waals surface area contributed by atoms with E-state index in [2.05, 4.69) is 18.7 Å². The second-order valence-corrected chi connectivity index (χ2v) is 5.66. The number of hydrogen-bond acceptors (Lipinski definition) is 4. The van der Waals surface area contributed by atoms with Crippen LogP contribution >= 0.6 is 0 Å². The topological polar surface area (TPSA) is 41.9 Å². The van der Waals surface area contributed by atoms with Crippen LogP contribution in [0.5, 0.6) is 11.5 Å². The molecule has 118 valence electrons. The van der Waals surface area contributed by atoms with Gasteiger partial charge >= 0.3 is 0 Å². The van der Waals surface area contributed by atoms with Crippen LogP contribution in [0.1, 0.15) is 43.9 Å². The number of aliphatic hydroxyl groups excluding tert-OH is 1. The minimum Gasteiger partial charge on any atom is -0.493 e. The Morgan fingerprint density at radius 2 is 1.67 bits per heavy atom. The highest BCUT2D eigenvalue weighted by Crippen LogP contribution is 2.41. The Labute approximate surface area is 127 Å². The Morgan fingerprint density at radius 1 is 1.10 bits per heavy atom. The SMILES string of the molecule is CCCN(CCC)[C@H]1Cc2cc(OC)c(OC)cc2[C@H]1O. The number of nitrogens with zero attached hydrogens (tertiary/aromatic N) is 1. The van der Waals surface area contributed by atoms with Gasteiger partial charge < -0.3 is 14.6 Å². The Morgan fingerprint density at radius 3 is 2.19 bits per heavy atom. The number of methoxy groups -OCH3 is 2. The fourth-order valence-corrected chi connectivity index (χ4v) is 3.28. The van der Waals surface area contributed by atoms with Crippen LogP contribution in [-0.4, -0.2) is 43.4 Å². The van der Waals surface area contributed by atoms with Gasteiger partial charge in [-0.1, -0.05) is 13.8 Å². The molecule has 0 radical (unpaired) electrons. The first kappa shape index (κ1) is 16.1. The molecule has 0 bridgehead atoms. The summed E-state index contributed by atoms with van der Waals surface area (Å²) in [5, 5.41) is 10.7. The number of aliphatic hydroxyl groups is 1. The number of benzene rings is 1. The summed E-state index contributed by atoms with van der Waals surface area (Å²) in [7, 11) is 3.27.